The lowest BCUT2D eigenvalue weighted by Crippen LogP contribution is -2.34. The molecule has 2 atom stereocenters. The highest BCUT2D eigenvalue weighted by Crippen LogP contribution is 2.39. The first kappa shape index (κ1) is 19.9. The first-order valence-corrected chi connectivity index (χ1v) is 10.3. The van der Waals surface area contributed by atoms with Crippen LogP contribution >= 0.6 is 0 Å². The van der Waals surface area contributed by atoms with Crippen molar-refractivity contribution in [2.45, 2.75) is 32.4 Å². The van der Waals surface area contributed by atoms with Gasteiger partial charge in [0.05, 0.1) is 25.5 Å². The van der Waals surface area contributed by atoms with Crippen LogP contribution in [-0.2, 0) is 29.5 Å². The van der Waals surface area contributed by atoms with Crippen molar-refractivity contribution in [3.63, 3.8) is 0 Å². The van der Waals surface area contributed by atoms with E-state index in [1.165, 1.54) is 11.1 Å². The summed E-state index contributed by atoms with van der Waals surface area (Å²) in [6.07, 6.45) is 3.44. The Morgan fingerprint density at radius 3 is 3.00 bits per heavy atom. The third-order valence-electron chi connectivity index (χ3n) is 6.16. The zero-order valence-corrected chi connectivity index (χ0v) is 17.5. The fraction of sp³-hybridized carbons (Fsp3) is 0.545. The van der Waals surface area contributed by atoms with Crippen LogP contribution in [0.1, 0.15) is 34.8 Å². The van der Waals surface area contributed by atoms with Crippen LogP contribution in [0.4, 0.5) is 0 Å². The summed E-state index contributed by atoms with van der Waals surface area (Å²) in [5, 5.41) is 7.99. The second-order valence-corrected chi connectivity index (χ2v) is 7.97. The fourth-order valence-corrected chi connectivity index (χ4v) is 4.48. The second kappa shape index (κ2) is 8.55. The topological polar surface area (TPSA) is 68.6 Å². The Labute approximate surface area is 172 Å². The Kier molecular flexibility index (Phi) is 5.87. The highest BCUT2D eigenvalue weighted by atomic mass is 16.5. The molecular formula is C22H30N4O3. The Morgan fingerprint density at radius 2 is 2.24 bits per heavy atom. The fourth-order valence-electron chi connectivity index (χ4n) is 4.48. The van der Waals surface area contributed by atoms with Crippen LogP contribution in [0.25, 0.3) is 0 Å². The molecule has 0 aliphatic carbocycles. The predicted octanol–water partition coefficient (Wildman–Crippen LogP) is 1.99. The molecule has 29 heavy (non-hydrogen) atoms. The number of fused-ring (bicyclic) bond motifs is 1. The standard InChI is InChI=1S/C22H30N4O3/c1-15-19(14-24-25(15)2)22-18(11-21(27)26(22)7-9-28-3)13-23-12-16-4-5-20-17(10-16)6-8-29-20/h4-5,10,14,18,22-23H,6-9,11-13H2,1-3H3/t18-,22+/m0/s1. The zero-order chi connectivity index (χ0) is 20.4. The maximum Gasteiger partial charge on any atom is 0.223 e. The maximum atomic E-state index is 12.8. The van der Waals surface area contributed by atoms with Crippen molar-refractivity contribution in [3.05, 3.63) is 46.8 Å². The number of benzene rings is 1. The molecule has 1 amide bonds. The van der Waals surface area contributed by atoms with E-state index in [1.54, 1.807) is 7.11 Å². The summed E-state index contributed by atoms with van der Waals surface area (Å²) >= 11 is 0. The molecule has 1 aromatic heterocycles. The molecule has 1 saturated heterocycles. The molecule has 1 fully saturated rings. The van der Waals surface area contributed by atoms with E-state index in [9.17, 15) is 4.79 Å². The minimum Gasteiger partial charge on any atom is -0.493 e. The van der Waals surface area contributed by atoms with Gasteiger partial charge in [0.2, 0.25) is 5.91 Å². The SMILES string of the molecule is COCCN1C(=O)C[C@@H](CNCc2ccc3c(c2)CCO3)[C@@H]1c1cnn(C)c1C. The van der Waals surface area contributed by atoms with Gasteiger partial charge in [0.15, 0.2) is 0 Å². The number of ether oxygens (including phenoxy) is 2. The molecule has 2 aliphatic heterocycles. The quantitative estimate of drug-likeness (QED) is 0.737. The smallest absolute Gasteiger partial charge is 0.223 e. The van der Waals surface area contributed by atoms with Gasteiger partial charge in [0, 0.05) is 63.8 Å². The number of carbonyl (C=O) groups is 1. The van der Waals surface area contributed by atoms with Crippen LogP contribution in [0.15, 0.2) is 24.4 Å². The number of rotatable bonds is 8. The van der Waals surface area contributed by atoms with Gasteiger partial charge in [-0.25, -0.2) is 0 Å². The molecule has 0 radical (unpaired) electrons. The van der Waals surface area contributed by atoms with Gasteiger partial charge in [-0.1, -0.05) is 12.1 Å². The van der Waals surface area contributed by atoms with Gasteiger partial charge in [-0.3, -0.25) is 9.48 Å². The first-order chi connectivity index (χ1) is 14.1. The molecule has 0 bridgehead atoms. The largest absolute Gasteiger partial charge is 0.493 e. The highest BCUT2D eigenvalue weighted by molar-refractivity contribution is 5.79. The average Bonchev–Trinajstić information content (AvgIpc) is 3.39. The summed E-state index contributed by atoms with van der Waals surface area (Å²) in [5.41, 5.74) is 4.78. The lowest BCUT2D eigenvalue weighted by Gasteiger charge is -2.28. The van der Waals surface area contributed by atoms with Gasteiger partial charge < -0.3 is 19.7 Å². The van der Waals surface area contributed by atoms with Gasteiger partial charge in [-0.15, -0.1) is 0 Å². The monoisotopic (exact) mass is 398 g/mol. The number of hydrogen-bond donors (Lipinski definition) is 1. The summed E-state index contributed by atoms with van der Waals surface area (Å²) in [6, 6.07) is 6.44. The summed E-state index contributed by atoms with van der Waals surface area (Å²) in [7, 11) is 3.62. The Hall–Kier alpha value is -2.38. The third-order valence-corrected chi connectivity index (χ3v) is 6.16. The van der Waals surface area contributed by atoms with Crippen LogP contribution in [0.2, 0.25) is 0 Å². The van der Waals surface area contributed by atoms with Crippen LogP contribution in [-0.4, -0.2) is 54.0 Å². The summed E-state index contributed by atoms with van der Waals surface area (Å²) in [5.74, 6) is 1.41. The molecule has 7 nitrogen and oxygen atoms in total. The molecule has 0 spiro atoms. The van der Waals surface area contributed by atoms with E-state index in [0.29, 0.717) is 19.6 Å². The summed E-state index contributed by atoms with van der Waals surface area (Å²) in [4.78, 5) is 14.7. The van der Waals surface area contributed by atoms with E-state index < -0.39 is 0 Å². The number of aryl methyl sites for hydroxylation is 1. The Bertz CT molecular complexity index is 879. The number of nitrogens with zero attached hydrogens (tertiary/aromatic N) is 3. The number of hydrogen-bond acceptors (Lipinski definition) is 5. The lowest BCUT2D eigenvalue weighted by molar-refractivity contribution is -0.129. The zero-order valence-electron chi connectivity index (χ0n) is 17.5. The normalized spacial score (nSPS) is 20.9. The highest BCUT2D eigenvalue weighted by Gasteiger charge is 2.41. The molecule has 2 aliphatic rings. The molecule has 1 N–H and O–H groups in total. The Balaban J connectivity index is 1.45. The Morgan fingerprint density at radius 1 is 1.38 bits per heavy atom. The predicted molar refractivity (Wildman–Crippen MR) is 110 cm³/mol. The van der Waals surface area contributed by atoms with E-state index in [2.05, 4.69) is 35.5 Å². The van der Waals surface area contributed by atoms with Gasteiger partial charge in [-0.05, 0) is 24.1 Å². The number of nitrogens with one attached hydrogen (secondary N) is 1. The third kappa shape index (κ3) is 4.02. The molecular weight excluding hydrogens is 368 g/mol. The van der Waals surface area contributed by atoms with E-state index in [4.69, 9.17) is 9.47 Å². The van der Waals surface area contributed by atoms with Crippen molar-refractivity contribution in [3.8, 4) is 5.75 Å². The molecule has 0 saturated carbocycles. The maximum absolute atomic E-state index is 12.8. The number of amides is 1. The van der Waals surface area contributed by atoms with Gasteiger partial charge in [0.1, 0.15) is 5.75 Å². The van der Waals surface area contributed by atoms with Gasteiger partial charge in [0.25, 0.3) is 0 Å². The molecule has 7 heteroatoms. The van der Waals surface area contributed by atoms with E-state index in [1.807, 2.05) is 22.8 Å². The average molecular weight is 399 g/mol. The van der Waals surface area contributed by atoms with Crippen LogP contribution in [0, 0.1) is 12.8 Å². The van der Waals surface area contributed by atoms with Crippen molar-refractivity contribution in [2.75, 3.05) is 33.4 Å². The van der Waals surface area contributed by atoms with Gasteiger partial charge in [-0.2, -0.15) is 5.10 Å². The number of aromatic nitrogens is 2. The minimum atomic E-state index is 0.0345. The number of carbonyl (C=O) groups excluding carboxylic acids is 1. The van der Waals surface area contributed by atoms with Crippen molar-refractivity contribution in [1.82, 2.24) is 20.0 Å². The molecule has 1 aromatic carbocycles. The van der Waals surface area contributed by atoms with Crippen molar-refractivity contribution >= 4 is 5.91 Å². The molecule has 3 heterocycles. The summed E-state index contributed by atoms with van der Waals surface area (Å²) < 4.78 is 12.7. The van der Waals surface area contributed by atoms with E-state index in [-0.39, 0.29) is 17.9 Å². The molecule has 2 aromatic rings. The van der Waals surface area contributed by atoms with Crippen molar-refractivity contribution < 1.29 is 14.3 Å². The van der Waals surface area contributed by atoms with Crippen LogP contribution < -0.4 is 10.1 Å². The molecule has 0 unspecified atom stereocenters. The molecule has 4 rings (SSSR count). The van der Waals surface area contributed by atoms with Crippen molar-refractivity contribution in [1.29, 1.82) is 0 Å². The van der Waals surface area contributed by atoms with E-state index >= 15 is 0 Å². The minimum absolute atomic E-state index is 0.0345. The first-order valence-electron chi connectivity index (χ1n) is 10.3. The summed E-state index contributed by atoms with van der Waals surface area (Å²) in [6.45, 7) is 5.56. The van der Waals surface area contributed by atoms with Crippen LogP contribution in [0.5, 0.6) is 5.75 Å². The van der Waals surface area contributed by atoms with Crippen molar-refractivity contribution in [2.24, 2.45) is 13.0 Å². The lowest BCUT2D eigenvalue weighted by atomic mass is 9.93. The number of likely N-dealkylation sites (tertiary alicyclic amines) is 1. The second-order valence-electron chi connectivity index (χ2n) is 7.97. The van der Waals surface area contributed by atoms with Gasteiger partial charge >= 0.3 is 0 Å². The van der Waals surface area contributed by atoms with E-state index in [0.717, 1.165) is 43.1 Å². The molecule has 156 valence electrons. The number of methoxy groups -OCH3 is 1. The van der Waals surface area contributed by atoms with Crippen LogP contribution in [0.3, 0.4) is 0 Å².